The summed E-state index contributed by atoms with van der Waals surface area (Å²) in [5, 5.41) is 12.3. The first-order valence-corrected chi connectivity index (χ1v) is 13.6. The number of rotatable bonds is 13. The molecule has 0 aliphatic rings. The van der Waals surface area contributed by atoms with Gasteiger partial charge in [-0.3, -0.25) is 14.4 Å². The molecular formula is C34H34N2O6. The fourth-order valence-electron chi connectivity index (χ4n) is 4.76. The molecule has 0 unspecified atom stereocenters. The molecule has 42 heavy (non-hydrogen) atoms. The first-order chi connectivity index (χ1) is 20.4. The Balaban J connectivity index is 1.61. The van der Waals surface area contributed by atoms with Crippen LogP contribution in [0.2, 0.25) is 0 Å². The lowest BCUT2D eigenvalue weighted by Gasteiger charge is -2.24. The molecule has 0 aliphatic carbocycles. The van der Waals surface area contributed by atoms with Crippen LogP contribution in [0.4, 0.5) is 0 Å². The third-order valence-electron chi connectivity index (χ3n) is 6.93. The monoisotopic (exact) mass is 566 g/mol. The van der Waals surface area contributed by atoms with Crippen molar-refractivity contribution in [3.8, 4) is 22.6 Å². The van der Waals surface area contributed by atoms with E-state index in [4.69, 9.17) is 9.47 Å². The SMILES string of the molecule is COc1cccc(CNC(=O)c2ccccc2-c2ccccc2C(=O)N(CCC(=O)O)CCc2ccccc2OC)c1. The highest BCUT2D eigenvalue weighted by atomic mass is 16.5. The van der Waals surface area contributed by atoms with Crippen LogP contribution in [-0.4, -0.2) is 55.1 Å². The van der Waals surface area contributed by atoms with E-state index in [0.717, 1.165) is 11.1 Å². The Morgan fingerprint density at radius 3 is 2.14 bits per heavy atom. The molecule has 0 spiro atoms. The third kappa shape index (κ3) is 7.54. The Morgan fingerprint density at radius 2 is 1.43 bits per heavy atom. The lowest BCUT2D eigenvalue weighted by molar-refractivity contribution is -0.137. The highest BCUT2D eigenvalue weighted by molar-refractivity contribution is 6.06. The predicted octanol–water partition coefficient (Wildman–Crippen LogP) is 5.46. The van der Waals surface area contributed by atoms with Crippen molar-refractivity contribution in [1.82, 2.24) is 10.2 Å². The number of carboxylic acid groups (broad SMARTS) is 1. The molecule has 2 amide bonds. The first-order valence-electron chi connectivity index (χ1n) is 13.6. The second-order valence-corrected chi connectivity index (χ2v) is 9.62. The summed E-state index contributed by atoms with van der Waals surface area (Å²) in [6, 6.07) is 29.2. The third-order valence-corrected chi connectivity index (χ3v) is 6.93. The van der Waals surface area contributed by atoms with Gasteiger partial charge in [-0.15, -0.1) is 0 Å². The standard InChI is InChI=1S/C34H34N2O6/c1-41-26-12-9-10-24(22-26)23-35-33(39)29-15-6-4-13-27(29)28-14-5-7-16-30(28)34(40)36(21-19-32(37)38)20-18-25-11-3-8-17-31(25)42-2/h3-17,22H,18-21,23H2,1-2H3,(H,35,39)(H,37,38). The fourth-order valence-corrected chi connectivity index (χ4v) is 4.76. The molecule has 2 N–H and O–H groups in total. The number of carbonyl (C=O) groups excluding carboxylic acids is 2. The minimum absolute atomic E-state index is 0.0420. The molecule has 0 bridgehead atoms. The molecular weight excluding hydrogens is 532 g/mol. The number of amides is 2. The Hall–Kier alpha value is -5.11. The second kappa shape index (κ2) is 14.5. The number of nitrogens with zero attached hydrogens (tertiary/aromatic N) is 1. The topological polar surface area (TPSA) is 105 Å². The van der Waals surface area contributed by atoms with Crippen LogP contribution < -0.4 is 14.8 Å². The molecule has 216 valence electrons. The maximum atomic E-state index is 14.0. The number of aliphatic carboxylic acids is 1. The van der Waals surface area contributed by atoms with Crippen molar-refractivity contribution in [3.63, 3.8) is 0 Å². The smallest absolute Gasteiger partial charge is 0.305 e. The van der Waals surface area contributed by atoms with E-state index in [1.54, 1.807) is 49.5 Å². The van der Waals surface area contributed by atoms with Gasteiger partial charge in [0, 0.05) is 30.8 Å². The van der Waals surface area contributed by atoms with Gasteiger partial charge in [-0.1, -0.05) is 66.7 Å². The normalized spacial score (nSPS) is 10.5. The van der Waals surface area contributed by atoms with Crippen LogP contribution in [0.3, 0.4) is 0 Å². The molecule has 8 heteroatoms. The minimum Gasteiger partial charge on any atom is -0.497 e. The zero-order valence-electron chi connectivity index (χ0n) is 23.7. The average Bonchev–Trinajstić information content (AvgIpc) is 3.03. The Kier molecular flexibility index (Phi) is 10.3. The van der Waals surface area contributed by atoms with Crippen LogP contribution >= 0.6 is 0 Å². The van der Waals surface area contributed by atoms with Crippen molar-refractivity contribution in [2.45, 2.75) is 19.4 Å². The average molecular weight is 567 g/mol. The molecule has 0 saturated carbocycles. The van der Waals surface area contributed by atoms with E-state index in [-0.39, 0.29) is 24.8 Å². The van der Waals surface area contributed by atoms with Crippen molar-refractivity contribution < 1.29 is 29.0 Å². The number of methoxy groups -OCH3 is 2. The Labute approximate surface area is 245 Å². The summed E-state index contributed by atoms with van der Waals surface area (Å²) >= 11 is 0. The summed E-state index contributed by atoms with van der Waals surface area (Å²) in [6.45, 7) is 0.640. The summed E-state index contributed by atoms with van der Waals surface area (Å²) in [7, 11) is 3.18. The van der Waals surface area contributed by atoms with Crippen LogP contribution in [-0.2, 0) is 17.8 Å². The quantitative estimate of drug-likeness (QED) is 0.223. The lowest BCUT2D eigenvalue weighted by atomic mass is 9.94. The van der Waals surface area contributed by atoms with E-state index < -0.39 is 5.97 Å². The molecule has 0 atom stereocenters. The molecule has 4 aromatic carbocycles. The Bertz CT molecular complexity index is 1550. The fraction of sp³-hybridized carbons (Fsp3) is 0.206. The number of ether oxygens (including phenoxy) is 2. The van der Waals surface area contributed by atoms with Gasteiger partial charge in [-0.05, 0) is 59.0 Å². The lowest BCUT2D eigenvalue weighted by Crippen LogP contribution is -2.35. The van der Waals surface area contributed by atoms with Crippen molar-refractivity contribution in [1.29, 1.82) is 0 Å². The largest absolute Gasteiger partial charge is 0.497 e. The highest BCUT2D eigenvalue weighted by Crippen LogP contribution is 2.29. The first kappa shape index (κ1) is 29.9. The molecule has 0 saturated heterocycles. The van der Waals surface area contributed by atoms with Crippen molar-refractivity contribution in [2.75, 3.05) is 27.3 Å². The maximum absolute atomic E-state index is 14.0. The van der Waals surface area contributed by atoms with E-state index in [2.05, 4.69) is 5.32 Å². The molecule has 0 radical (unpaired) electrons. The van der Waals surface area contributed by atoms with E-state index in [1.165, 1.54) is 0 Å². The number of hydrogen-bond acceptors (Lipinski definition) is 5. The summed E-state index contributed by atoms with van der Waals surface area (Å²) in [4.78, 5) is 40.3. The van der Waals surface area contributed by atoms with Crippen LogP contribution in [0.1, 0.15) is 38.3 Å². The summed E-state index contributed by atoms with van der Waals surface area (Å²) in [5.74, 6) is -0.176. The second-order valence-electron chi connectivity index (χ2n) is 9.62. The van der Waals surface area contributed by atoms with Gasteiger partial charge in [0.2, 0.25) is 0 Å². The molecule has 8 nitrogen and oxygen atoms in total. The van der Waals surface area contributed by atoms with Crippen molar-refractivity contribution in [2.24, 2.45) is 0 Å². The van der Waals surface area contributed by atoms with Crippen LogP contribution in [0, 0.1) is 0 Å². The van der Waals surface area contributed by atoms with Gasteiger partial charge in [0.15, 0.2) is 0 Å². The molecule has 4 aromatic rings. The zero-order valence-corrected chi connectivity index (χ0v) is 23.7. The summed E-state index contributed by atoms with van der Waals surface area (Å²) in [5.41, 5.74) is 3.81. The molecule has 4 rings (SSSR count). The number of benzene rings is 4. The van der Waals surface area contributed by atoms with Gasteiger partial charge in [0.05, 0.1) is 20.6 Å². The van der Waals surface area contributed by atoms with Gasteiger partial charge in [0.1, 0.15) is 11.5 Å². The van der Waals surface area contributed by atoms with E-state index in [0.29, 0.717) is 53.3 Å². The van der Waals surface area contributed by atoms with E-state index >= 15 is 0 Å². The Morgan fingerprint density at radius 1 is 0.762 bits per heavy atom. The van der Waals surface area contributed by atoms with Gasteiger partial charge < -0.3 is 24.8 Å². The van der Waals surface area contributed by atoms with Crippen molar-refractivity contribution >= 4 is 17.8 Å². The number of para-hydroxylation sites is 1. The van der Waals surface area contributed by atoms with E-state index in [1.807, 2.05) is 66.7 Å². The number of hydrogen-bond donors (Lipinski definition) is 2. The van der Waals surface area contributed by atoms with Gasteiger partial charge in [-0.25, -0.2) is 0 Å². The molecule has 0 heterocycles. The molecule has 0 aromatic heterocycles. The van der Waals surface area contributed by atoms with Crippen molar-refractivity contribution in [3.05, 3.63) is 119 Å². The zero-order chi connectivity index (χ0) is 29.9. The van der Waals surface area contributed by atoms with E-state index in [9.17, 15) is 19.5 Å². The molecule has 0 fully saturated rings. The maximum Gasteiger partial charge on any atom is 0.305 e. The number of carboxylic acids is 1. The van der Waals surface area contributed by atoms with Gasteiger partial charge in [0.25, 0.3) is 11.8 Å². The predicted molar refractivity (Wildman–Crippen MR) is 161 cm³/mol. The highest BCUT2D eigenvalue weighted by Gasteiger charge is 2.23. The summed E-state index contributed by atoms with van der Waals surface area (Å²) in [6.07, 6.45) is 0.296. The number of nitrogens with one attached hydrogen (secondary N) is 1. The minimum atomic E-state index is -0.989. The number of carbonyl (C=O) groups is 3. The summed E-state index contributed by atoms with van der Waals surface area (Å²) < 4.78 is 10.7. The molecule has 0 aliphatic heterocycles. The van der Waals surface area contributed by atoms with Gasteiger partial charge in [-0.2, -0.15) is 0 Å². The van der Waals surface area contributed by atoms with Gasteiger partial charge >= 0.3 is 5.97 Å². The van der Waals surface area contributed by atoms with Crippen LogP contribution in [0.5, 0.6) is 11.5 Å². The van der Waals surface area contributed by atoms with Crippen LogP contribution in [0.25, 0.3) is 11.1 Å². The van der Waals surface area contributed by atoms with Crippen LogP contribution in [0.15, 0.2) is 97.1 Å².